The molecule has 1 atom stereocenters. The number of nitriles is 1. The van der Waals surface area contributed by atoms with Crippen molar-refractivity contribution in [1.29, 1.82) is 5.26 Å². The van der Waals surface area contributed by atoms with E-state index in [0.29, 0.717) is 44.4 Å². The number of nitrogens with zero attached hydrogens (tertiary/aromatic N) is 6. The van der Waals surface area contributed by atoms with Crippen LogP contribution < -0.4 is 10.0 Å². The summed E-state index contributed by atoms with van der Waals surface area (Å²) in [7, 11) is 1.37. The maximum Gasteiger partial charge on any atom is 0.293 e. The smallest absolute Gasteiger partial charge is 0.293 e. The van der Waals surface area contributed by atoms with Gasteiger partial charge < -0.3 is 19.9 Å². The van der Waals surface area contributed by atoms with Gasteiger partial charge in [-0.05, 0) is 88.6 Å². The lowest BCUT2D eigenvalue weighted by Crippen LogP contribution is -2.56. The highest BCUT2D eigenvalue weighted by Gasteiger charge is 2.38. The molecule has 1 heterocycles. The number of thioether (sulfide) groups is 1. The SMILES string of the molecule is COC1(Cc2ccccc2Cl)CCC(N2CCN(/C(=N/C#N)NS(=O)(=O)c3ccc(N[C@H](CCN(C)C)CSc4ccccc4)c([N+](=O)[O-])c3)CC2)CC1. The Bertz CT molecular complexity index is 1890. The molecule has 2 fully saturated rings. The molecule has 0 amide bonds. The van der Waals surface area contributed by atoms with Gasteiger partial charge in [0, 0.05) is 73.5 Å². The Kier molecular flexibility index (Phi) is 14.6. The fourth-order valence-corrected chi connectivity index (χ4v) is 9.36. The number of nitro groups is 1. The normalized spacial score (nSPS) is 20.3. The molecule has 0 spiro atoms. The van der Waals surface area contributed by atoms with Crippen LogP contribution in [0.4, 0.5) is 11.4 Å². The largest absolute Gasteiger partial charge is 0.378 e. The Balaban J connectivity index is 1.21. The van der Waals surface area contributed by atoms with Gasteiger partial charge in [-0.1, -0.05) is 48.0 Å². The molecule has 54 heavy (non-hydrogen) atoms. The van der Waals surface area contributed by atoms with Crippen molar-refractivity contribution in [1.82, 2.24) is 19.4 Å². The first-order chi connectivity index (χ1) is 25.9. The van der Waals surface area contributed by atoms with Crippen LogP contribution >= 0.6 is 23.4 Å². The molecule has 0 unspecified atom stereocenters. The molecule has 16 heteroatoms. The first-order valence-electron chi connectivity index (χ1n) is 18.1. The Morgan fingerprint density at radius 2 is 1.80 bits per heavy atom. The van der Waals surface area contributed by atoms with E-state index >= 15 is 0 Å². The van der Waals surface area contributed by atoms with Crippen LogP contribution in [0.1, 0.15) is 37.7 Å². The molecule has 1 aliphatic heterocycles. The number of halogens is 1. The predicted molar refractivity (Wildman–Crippen MR) is 215 cm³/mol. The second-order valence-electron chi connectivity index (χ2n) is 14.0. The van der Waals surface area contributed by atoms with E-state index in [-0.39, 0.29) is 33.9 Å². The first kappa shape index (κ1) is 41.3. The van der Waals surface area contributed by atoms with Crippen LogP contribution in [-0.4, -0.2) is 111 Å². The van der Waals surface area contributed by atoms with E-state index in [4.69, 9.17) is 16.3 Å². The average molecular weight is 797 g/mol. The van der Waals surface area contributed by atoms with Crippen molar-refractivity contribution in [3.05, 3.63) is 93.5 Å². The Labute approximate surface area is 327 Å². The number of hydrogen-bond acceptors (Lipinski definition) is 11. The minimum absolute atomic E-state index is 0.106. The summed E-state index contributed by atoms with van der Waals surface area (Å²) in [5, 5.41) is 25.8. The van der Waals surface area contributed by atoms with Crippen molar-refractivity contribution in [3.63, 3.8) is 0 Å². The van der Waals surface area contributed by atoms with Crippen molar-refractivity contribution in [2.45, 2.75) is 66.0 Å². The molecule has 1 saturated carbocycles. The molecule has 13 nitrogen and oxygen atoms in total. The molecule has 2 aliphatic rings. The molecule has 5 rings (SSSR count). The maximum absolute atomic E-state index is 13.6. The van der Waals surface area contributed by atoms with Crippen LogP contribution in [0.5, 0.6) is 0 Å². The zero-order valence-corrected chi connectivity index (χ0v) is 33.4. The third-order valence-corrected chi connectivity index (χ3v) is 13.1. The summed E-state index contributed by atoms with van der Waals surface area (Å²) in [4.78, 5) is 22.5. The summed E-state index contributed by atoms with van der Waals surface area (Å²) in [5.41, 5.74) is 0.682. The molecular weight excluding hydrogens is 748 g/mol. The van der Waals surface area contributed by atoms with Crippen LogP contribution in [-0.2, 0) is 21.2 Å². The van der Waals surface area contributed by atoms with Crippen molar-refractivity contribution >= 4 is 50.7 Å². The van der Waals surface area contributed by atoms with Gasteiger partial charge in [0.05, 0.1) is 15.4 Å². The van der Waals surface area contributed by atoms with E-state index < -0.39 is 14.9 Å². The number of methoxy groups -OCH3 is 1. The van der Waals surface area contributed by atoms with Crippen molar-refractivity contribution in [2.24, 2.45) is 4.99 Å². The summed E-state index contributed by atoms with van der Waals surface area (Å²) >= 11 is 8.10. The number of hydrogen-bond donors (Lipinski definition) is 2. The number of nitrogens with one attached hydrogen (secondary N) is 2. The zero-order valence-electron chi connectivity index (χ0n) is 31.0. The molecule has 2 N–H and O–H groups in total. The fourth-order valence-electron chi connectivity index (χ4n) is 7.12. The number of rotatable bonds is 15. The number of benzene rings is 3. The van der Waals surface area contributed by atoms with Crippen molar-refractivity contribution < 1.29 is 18.1 Å². The average Bonchev–Trinajstić information content (AvgIpc) is 3.17. The Hall–Kier alpha value is -3.91. The lowest BCUT2D eigenvalue weighted by atomic mass is 9.77. The molecule has 1 aliphatic carbocycles. The minimum atomic E-state index is -4.33. The lowest BCUT2D eigenvalue weighted by molar-refractivity contribution is -0.384. The molecule has 3 aromatic rings. The van der Waals surface area contributed by atoms with Gasteiger partial charge in [-0.2, -0.15) is 5.26 Å². The van der Waals surface area contributed by atoms with Gasteiger partial charge in [0.1, 0.15) is 5.69 Å². The molecular formula is C38H49ClN8O5S2. The van der Waals surface area contributed by atoms with Gasteiger partial charge >= 0.3 is 0 Å². The van der Waals surface area contributed by atoms with Crippen LogP contribution in [0.2, 0.25) is 5.02 Å². The molecule has 290 valence electrons. The van der Waals surface area contributed by atoms with E-state index in [1.165, 1.54) is 12.1 Å². The maximum atomic E-state index is 13.6. The standard InChI is InChI=1S/C38H49ClN8O5S2/c1-44(2)20-17-30(27-53-32-10-5-4-6-11-32)42-35-14-13-33(25-36(35)47(48)49)54(50,51)43-37(41-28-40)46-23-21-45(22-24-46)31-15-18-38(52-3,19-16-31)26-29-9-7-8-12-34(29)39/h4-14,25,30-31,42H,15-24,26-27H2,1-3H3,(H,41,43)/t30-,31?,38?/m1/s1. The number of anilines is 1. The van der Waals surface area contributed by atoms with Gasteiger partial charge in [0.25, 0.3) is 15.7 Å². The van der Waals surface area contributed by atoms with Gasteiger partial charge in [0.2, 0.25) is 12.2 Å². The van der Waals surface area contributed by atoms with Crippen LogP contribution in [0.15, 0.2) is 87.6 Å². The van der Waals surface area contributed by atoms with Gasteiger partial charge in [-0.15, -0.1) is 16.8 Å². The van der Waals surface area contributed by atoms with Gasteiger partial charge in [0.15, 0.2) is 0 Å². The first-order valence-corrected chi connectivity index (χ1v) is 20.9. The topological polar surface area (TPSA) is 156 Å². The monoisotopic (exact) mass is 796 g/mol. The van der Waals surface area contributed by atoms with E-state index in [1.807, 2.05) is 73.6 Å². The Morgan fingerprint density at radius 3 is 2.43 bits per heavy atom. The van der Waals surface area contributed by atoms with Crippen LogP contribution in [0, 0.1) is 21.6 Å². The number of ether oxygens (including phenoxy) is 1. The third kappa shape index (κ3) is 11.1. The molecule has 0 bridgehead atoms. The summed E-state index contributed by atoms with van der Waals surface area (Å²) < 4.78 is 35.8. The lowest BCUT2D eigenvalue weighted by Gasteiger charge is -2.45. The third-order valence-electron chi connectivity index (χ3n) is 10.2. The highest BCUT2D eigenvalue weighted by Crippen LogP contribution is 2.38. The fraction of sp³-hybridized carbons (Fsp3) is 0.474. The summed E-state index contributed by atoms with van der Waals surface area (Å²) in [6.07, 6.45) is 6.88. The Morgan fingerprint density at radius 1 is 1.11 bits per heavy atom. The quantitative estimate of drug-likeness (QED) is 0.0459. The second kappa shape index (κ2) is 19.1. The minimum Gasteiger partial charge on any atom is -0.378 e. The molecule has 1 saturated heterocycles. The second-order valence-corrected chi connectivity index (χ2v) is 17.2. The van der Waals surface area contributed by atoms with E-state index in [0.717, 1.165) is 60.2 Å². The van der Waals surface area contributed by atoms with Crippen LogP contribution in [0.3, 0.4) is 0 Å². The molecule has 0 radical (unpaired) electrons. The van der Waals surface area contributed by atoms with E-state index in [2.05, 4.69) is 19.9 Å². The highest BCUT2D eigenvalue weighted by molar-refractivity contribution is 7.99. The van der Waals surface area contributed by atoms with E-state index in [1.54, 1.807) is 30.0 Å². The number of aliphatic imine (C=N–C) groups is 1. The van der Waals surface area contributed by atoms with Gasteiger partial charge in [-0.3, -0.25) is 15.0 Å². The zero-order chi connectivity index (χ0) is 38.7. The molecule has 0 aromatic heterocycles. The van der Waals surface area contributed by atoms with Crippen LogP contribution in [0.25, 0.3) is 0 Å². The summed E-state index contributed by atoms with van der Waals surface area (Å²) in [6.45, 7) is 2.97. The number of piperazine rings is 1. The predicted octanol–water partition coefficient (Wildman–Crippen LogP) is 6.08. The van der Waals surface area contributed by atoms with E-state index in [9.17, 15) is 23.8 Å². The highest BCUT2D eigenvalue weighted by atomic mass is 35.5. The number of guanidine groups is 1. The summed E-state index contributed by atoms with van der Waals surface area (Å²) in [5.74, 6) is 0.543. The van der Waals surface area contributed by atoms with Crippen molar-refractivity contribution in [3.8, 4) is 6.19 Å². The number of nitro benzene ring substituents is 1. The van der Waals surface area contributed by atoms with Gasteiger partial charge in [-0.25, -0.2) is 13.1 Å². The van der Waals surface area contributed by atoms with Crippen molar-refractivity contribution in [2.75, 3.05) is 65.0 Å². The number of sulfonamides is 1. The summed E-state index contributed by atoms with van der Waals surface area (Å²) in [6, 6.07) is 21.8. The molecule has 3 aromatic carbocycles.